The first-order chi connectivity index (χ1) is 12.5. The first-order valence-corrected chi connectivity index (χ1v) is 9.47. The molecule has 1 aliphatic carbocycles. The molecule has 2 heterocycles. The molecule has 2 aliphatic rings. The number of carbonyl (C=O) groups is 3. The van der Waals surface area contributed by atoms with E-state index < -0.39 is 6.04 Å². The lowest BCUT2D eigenvalue weighted by atomic mass is 9.85. The lowest BCUT2D eigenvalue weighted by Gasteiger charge is -2.22. The molecule has 1 aromatic heterocycles. The van der Waals surface area contributed by atoms with Gasteiger partial charge in [-0.15, -0.1) is 11.3 Å². The van der Waals surface area contributed by atoms with E-state index in [2.05, 4.69) is 10.3 Å². The van der Waals surface area contributed by atoms with Crippen molar-refractivity contribution in [2.45, 2.75) is 32.7 Å². The van der Waals surface area contributed by atoms with Gasteiger partial charge in [-0.2, -0.15) is 0 Å². The molecule has 0 spiro atoms. The number of hydrogen-bond donors (Lipinski definition) is 1. The van der Waals surface area contributed by atoms with Crippen molar-refractivity contribution in [3.05, 3.63) is 35.4 Å². The van der Waals surface area contributed by atoms with E-state index in [1.54, 1.807) is 24.3 Å². The van der Waals surface area contributed by atoms with Gasteiger partial charge in [0.15, 0.2) is 0 Å². The van der Waals surface area contributed by atoms with Crippen LogP contribution in [0.2, 0.25) is 0 Å². The highest BCUT2D eigenvalue weighted by Gasteiger charge is 2.50. The molecule has 4 rings (SSSR count). The lowest BCUT2D eigenvalue weighted by molar-refractivity contribution is -0.146. The van der Waals surface area contributed by atoms with Gasteiger partial charge < -0.3 is 5.32 Å². The largest absolute Gasteiger partial charge is 0.324 e. The van der Waals surface area contributed by atoms with Gasteiger partial charge in [0, 0.05) is 5.69 Å². The van der Waals surface area contributed by atoms with Crippen LogP contribution >= 0.6 is 11.3 Å². The number of rotatable bonds is 3. The zero-order valence-corrected chi connectivity index (χ0v) is 15.4. The molecule has 1 aliphatic heterocycles. The summed E-state index contributed by atoms with van der Waals surface area (Å²) in [5.41, 5.74) is 1.52. The van der Waals surface area contributed by atoms with Crippen LogP contribution in [0.25, 0.3) is 10.2 Å². The Bertz CT molecular complexity index is 923. The summed E-state index contributed by atoms with van der Waals surface area (Å²) in [5.74, 6) is -1.47. The zero-order chi connectivity index (χ0) is 18.4. The average Bonchev–Trinajstić information content (AvgIpc) is 3.11. The predicted octanol–water partition coefficient (Wildman–Crippen LogP) is 2.88. The Morgan fingerprint density at radius 1 is 1.23 bits per heavy atom. The maximum Gasteiger partial charge on any atom is 0.247 e. The van der Waals surface area contributed by atoms with E-state index >= 15 is 0 Å². The van der Waals surface area contributed by atoms with Gasteiger partial charge in [0.1, 0.15) is 6.04 Å². The highest BCUT2D eigenvalue weighted by atomic mass is 32.1. The number of aromatic nitrogens is 1. The number of likely N-dealkylation sites (tertiary alicyclic amines) is 1. The van der Waals surface area contributed by atoms with Gasteiger partial charge in [-0.25, -0.2) is 4.98 Å². The molecule has 1 fully saturated rings. The van der Waals surface area contributed by atoms with Crippen molar-refractivity contribution in [1.29, 1.82) is 0 Å². The van der Waals surface area contributed by atoms with E-state index in [4.69, 9.17) is 0 Å². The number of nitrogens with one attached hydrogen (secondary N) is 1. The topological polar surface area (TPSA) is 79.4 Å². The summed E-state index contributed by atoms with van der Waals surface area (Å²) in [4.78, 5) is 43.4. The molecule has 1 saturated heterocycles. The lowest BCUT2D eigenvalue weighted by Crippen LogP contribution is -2.46. The van der Waals surface area contributed by atoms with Crippen LogP contribution < -0.4 is 5.32 Å². The average molecular weight is 369 g/mol. The Balaban J connectivity index is 1.52. The van der Waals surface area contributed by atoms with Crippen LogP contribution in [0.1, 0.15) is 24.8 Å². The van der Waals surface area contributed by atoms with Gasteiger partial charge in [0.05, 0.1) is 27.1 Å². The number of amides is 3. The van der Waals surface area contributed by atoms with E-state index in [1.807, 2.05) is 31.2 Å². The number of carbonyl (C=O) groups excluding carboxylic acids is 3. The number of nitrogens with zero attached hydrogens (tertiary/aromatic N) is 2. The Hall–Kier alpha value is -2.54. The molecule has 3 amide bonds. The van der Waals surface area contributed by atoms with Crippen molar-refractivity contribution in [1.82, 2.24) is 9.88 Å². The van der Waals surface area contributed by atoms with Crippen molar-refractivity contribution >= 4 is 45.0 Å². The van der Waals surface area contributed by atoms with Crippen molar-refractivity contribution in [2.75, 3.05) is 5.32 Å². The summed E-state index contributed by atoms with van der Waals surface area (Å²) in [6.07, 6.45) is 5.02. The number of imide groups is 1. The van der Waals surface area contributed by atoms with Crippen molar-refractivity contribution < 1.29 is 14.4 Å². The summed E-state index contributed by atoms with van der Waals surface area (Å²) in [6.45, 7) is 3.54. The van der Waals surface area contributed by atoms with Crippen LogP contribution in [0, 0.1) is 18.8 Å². The first kappa shape index (κ1) is 16.9. The fourth-order valence-electron chi connectivity index (χ4n) is 3.69. The fraction of sp³-hybridized carbons (Fsp3) is 0.368. The van der Waals surface area contributed by atoms with Gasteiger partial charge in [-0.05, 0) is 44.9 Å². The molecule has 3 atom stereocenters. The minimum Gasteiger partial charge on any atom is -0.324 e. The SMILES string of the molecule is Cc1nc2ccc(NC(=O)[C@H](C)N3C(=O)[C@@H]4CC=CC[C@H]4C3=O)cc2s1. The van der Waals surface area contributed by atoms with Crippen LogP contribution in [-0.2, 0) is 14.4 Å². The molecule has 0 saturated carbocycles. The normalized spacial score (nSPS) is 23.4. The van der Waals surface area contributed by atoms with Crippen molar-refractivity contribution in [3.8, 4) is 0 Å². The fourth-order valence-corrected chi connectivity index (χ4v) is 4.56. The van der Waals surface area contributed by atoms with Crippen LogP contribution in [0.4, 0.5) is 5.69 Å². The standard InChI is InChI=1S/C19H19N3O3S/c1-10(22-18(24)13-5-3-4-6-14(13)19(22)25)17(23)21-12-7-8-15-16(9-12)26-11(2)20-15/h3-4,7-10,13-14H,5-6H2,1-2H3,(H,21,23)/t10-,13+,14+/m0/s1. The molecule has 0 bridgehead atoms. The molecular formula is C19H19N3O3S. The molecule has 0 radical (unpaired) electrons. The highest BCUT2D eigenvalue weighted by Crippen LogP contribution is 2.36. The molecule has 134 valence electrons. The van der Waals surface area contributed by atoms with Gasteiger partial charge in [-0.1, -0.05) is 12.2 Å². The number of benzene rings is 1. The second kappa shape index (κ2) is 6.32. The number of allylic oxidation sites excluding steroid dienone is 2. The third-order valence-corrected chi connectivity index (χ3v) is 6.00. The summed E-state index contributed by atoms with van der Waals surface area (Å²) in [7, 11) is 0. The van der Waals surface area contributed by atoms with E-state index in [1.165, 1.54) is 0 Å². The molecule has 7 heteroatoms. The quantitative estimate of drug-likeness (QED) is 0.666. The second-order valence-corrected chi connectivity index (χ2v) is 8.02. The first-order valence-electron chi connectivity index (χ1n) is 8.65. The third-order valence-electron chi connectivity index (χ3n) is 5.07. The van der Waals surface area contributed by atoms with Crippen LogP contribution in [-0.4, -0.2) is 33.6 Å². The number of aryl methyl sites for hydroxylation is 1. The molecule has 0 unspecified atom stereocenters. The Labute approximate surface area is 154 Å². The minimum atomic E-state index is -0.834. The molecule has 2 aromatic rings. The maximum absolute atomic E-state index is 12.7. The third kappa shape index (κ3) is 2.72. The van der Waals surface area contributed by atoms with Crippen LogP contribution in [0.5, 0.6) is 0 Å². The maximum atomic E-state index is 12.7. The summed E-state index contributed by atoms with van der Waals surface area (Å²) >= 11 is 1.55. The van der Waals surface area contributed by atoms with Crippen molar-refractivity contribution in [2.24, 2.45) is 11.8 Å². The molecule has 26 heavy (non-hydrogen) atoms. The molecule has 1 aromatic carbocycles. The number of thiazole rings is 1. The monoisotopic (exact) mass is 369 g/mol. The van der Waals surface area contributed by atoms with Crippen molar-refractivity contribution in [3.63, 3.8) is 0 Å². The molecular weight excluding hydrogens is 350 g/mol. The van der Waals surface area contributed by atoms with E-state index in [-0.39, 0.29) is 29.6 Å². The summed E-state index contributed by atoms with van der Waals surface area (Å²) in [6, 6.07) is 4.66. The zero-order valence-electron chi connectivity index (χ0n) is 14.6. The van der Waals surface area contributed by atoms with Gasteiger partial charge in [-0.3, -0.25) is 19.3 Å². The predicted molar refractivity (Wildman–Crippen MR) is 99.7 cm³/mol. The molecule has 6 nitrogen and oxygen atoms in total. The minimum absolute atomic E-state index is 0.236. The van der Waals surface area contributed by atoms with E-state index in [0.717, 1.165) is 20.1 Å². The highest BCUT2D eigenvalue weighted by molar-refractivity contribution is 7.18. The van der Waals surface area contributed by atoms with Gasteiger partial charge in [0.25, 0.3) is 0 Å². The Morgan fingerprint density at radius 3 is 2.54 bits per heavy atom. The number of fused-ring (bicyclic) bond motifs is 2. The Kier molecular flexibility index (Phi) is 4.11. The smallest absolute Gasteiger partial charge is 0.247 e. The Morgan fingerprint density at radius 2 is 1.88 bits per heavy atom. The number of anilines is 1. The van der Waals surface area contributed by atoms with E-state index in [9.17, 15) is 14.4 Å². The van der Waals surface area contributed by atoms with E-state index in [0.29, 0.717) is 18.5 Å². The molecule has 1 N–H and O–H groups in total. The summed E-state index contributed by atoms with van der Waals surface area (Å²) in [5, 5.41) is 3.78. The van der Waals surface area contributed by atoms with Crippen LogP contribution in [0.3, 0.4) is 0 Å². The summed E-state index contributed by atoms with van der Waals surface area (Å²) < 4.78 is 0.985. The van der Waals surface area contributed by atoms with Gasteiger partial charge in [0.2, 0.25) is 17.7 Å². The van der Waals surface area contributed by atoms with Crippen LogP contribution in [0.15, 0.2) is 30.4 Å². The number of hydrogen-bond acceptors (Lipinski definition) is 5. The second-order valence-electron chi connectivity index (χ2n) is 6.78. The van der Waals surface area contributed by atoms with Gasteiger partial charge >= 0.3 is 0 Å².